The number of aromatic nitrogens is 2. The lowest BCUT2D eigenvalue weighted by atomic mass is 10.1. The van der Waals surface area contributed by atoms with Crippen LogP contribution in [-0.2, 0) is 11.3 Å². The predicted molar refractivity (Wildman–Crippen MR) is 77.4 cm³/mol. The summed E-state index contributed by atoms with van der Waals surface area (Å²) in [5.41, 5.74) is 1.78. The molecule has 0 fully saturated rings. The number of methoxy groups -OCH3 is 1. The topological polar surface area (TPSA) is 64.3 Å². The van der Waals surface area contributed by atoms with Gasteiger partial charge in [-0.3, -0.25) is 4.68 Å². The average molecular weight is 339 g/mol. The fourth-order valence-corrected chi connectivity index (χ4v) is 2.32. The molecule has 6 heteroatoms. The van der Waals surface area contributed by atoms with Crippen LogP contribution in [0.3, 0.4) is 0 Å². The number of halogens is 1. The van der Waals surface area contributed by atoms with Crippen LogP contribution in [-0.4, -0.2) is 28.0 Å². The van der Waals surface area contributed by atoms with E-state index in [0.717, 1.165) is 11.3 Å². The van der Waals surface area contributed by atoms with Gasteiger partial charge in [0.15, 0.2) is 5.69 Å². The largest absolute Gasteiger partial charge is 0.464 e. The third-order valence-electron chi connectivity index (χ3n) is 3.04. The van der Waals surface area contributed by atoms with E-state index in [4.69, 9.17) is 0 Å². The summed E-state index contributed by atoms with van der Waals surface area (Å²) >= 11 is 3.32. The lowest BCUT2D eigenvalue weighted by molar-refractivity contribution is 0.0590. The molecule has 1 unspecified atom stereocenters. The number of carbonyl (C=O) groups is 1. The summed E-state index contributed by atoms with van der Waals surface area (Å²) in [6.07, 6.45) is -0.688. The molecule has 0 aliphatic carbocycles. The Morgan fingerprint density at radius 1 is 1.45 bits per heavy atom. The number of nitrogens with zero attached hydrogens (tertiary/aromatic N) is 2. The zero-order valence-corrected chi connectivity index (χ0v) is 12.8. The number of esters is 1. The minimum atomic E-state index is -0.688. The molecule has 0 radical (unpaired) electrons. The van der Waals surface area contributed by atoms with Gasteiger partial charge in [-0.1, -0.05) is 30.3 Å². The van der Waals surface area contributed by atoms with E-state index in [0.29, 0.717) is 4.47 Å². The second-order valence-electron chi connectivity index (χ2n) is 4.35. The first-order valence-electron chi connectivity index (χ1n) is 6.08. The second kappa shape index (κ2) is 6.19. The van der Waals surface area contributed by atoms with Gasteiger partial charge in [0.2, 0.25) is 0 Å². The van der Waals surface area contributed by atoms with E-state index in [9.17, 15) is 9.90 Å². The normalized spacial score (nSPS) is 12.2. The third-order valence-corrected chi connectivity index (χ3v) is 3.99. The fourth-order valence-electron chi connectivity index (χ4n) is 1.87. The first-order chi connectivity index (χ1) is 9.54. The van der Waals surface area contributed by atoms with Crippen molar-refractivity contribution in [2.45, 2.75) is 19.6 Å². The van der Waals surface area contributed by atoms with Gasteiger partial charge in [-0.05, 0) is 28.4 Å². The van der Waals surface area contributed by atoms with Gasteiger partial charge in [0, 0.05) is 0 Å². The number of aliphatic hydroxyl groups excluding tert-OH is 1. The first kappa shape index (κ1) is 14.7. The van der Waals surface area contributed by atoms with E-state index in [2.05, 4.69) is 25.8 Å². The van der Waals surface area contributed by atoms with Crippen molar-refractivity contribution in [1.29, 1.82) is 0 Å². The monoisotopic (exact) mass is 338 g/mol. The van der Waals surface area contributed by atoms with E-state index in [1.54, 1.807) is 4.68 Å². The van der Waals surface area contributed by atoms with Crippen molar-refractivity contribution in [1.82, 2.24) is 9.78 Å². The molecule has 2 rings (SSSR count). The van der Waals surface area contributed by atoms with Gasteiger partial charge in [0.1, 0.15) is 0 Å². The van der Waals surface area contributed by atoms with Crippen molar-refractivity contribution in [3.8, 4) is 0 Å². The van der Waals surface area contributed by atoms with Gasteiger partial charge >= 0.3 is 5.97 Å². The summed E-state index contributed by atoms with van der Waals surface area (Å²) in [5, 5.41) is 14.4. The molecule has 0 aliphatic rings. The van der Waals surface area contributed by atoms with Crippen LogP contribution in [0.25, 0.3) is 0 Å². The highest BCUT2D eigenvalue weighted by Crippen LogP contribution is 2.23. The molecule has 2 aromatic rings. The van der Waals surface area contributed by atoms with Gasteiger partial charge in [0.25, 0.3) is 0 Å². The maximum absolute atomic E-state index is 11.6. The molecule has 0 aliphatic heterocycles. The van der Waals surface area contributed by atoms with Crippen molar-refractivity contribution in [2.24, 2.45) is 0 Å². The van der Waals surface area contributed by atoms with Crippen molar-refractivity contribution in [3.63, 3.8) is 0 Å². The van der Waals surface area contributed by atoms with Crippen LogP contribution >= 0.6 is 15.9 Å². The molecular formula is C14H15BrN2O3. The van der Waals surface area contributed by atoms with E-state index < -0.39 is 12.1 Å². The van der Waals surface area contributed by atoms with Crippen LogP contribution in [0.1, 0.15) is 27.8 Å². The molecule has 1 N–H and O–H groups in total. The van der Waals surface area contributed by atoms with Gasteiger partial charge in [-0.2, -0.15) is 5.10 Å². The molecule has 0 amide bonds. The summed E-state index contributed by atoms with van der Waals surface area (Å²) < 4.78 is 6.85. The quantitative estimate of drug-likeness (QED) is 0.870. The van der Waals surface area contributed by atoms with E-state index in [1.165, 1.54) is 7.11 Å². The van der Waals surface area contributed by atoms with Gasteiger partial charge in [-0.25, -0.2) is 4.79 Å². The number of benzene rings is 1. The molecule has 1 atom stereocenters. The number of carbonyl (C=O) groups excluding carboxylic acids is 1. The Balaban J connectivity index is 2.24. The number of ether oxygens (including phenoxy) is 1. The highest BCUT2D eigenvalue weighted by Gasteiger charge is 2.21. The molecule has 0 bridgehead atoms. The van der Waals surface area contributed by atoms with E-state index in [-0.39, 0.29) is 12.2 Å². The van der Waals surface area contributed by atoms with Crippen LogP contribution in [0, 0.1) is 6.92 Å². The van der Waals surface area contributed by atoms with Crippen LogP contribution in [0.4, 0.5) is 0 Å². The first-order valence-corrected chi connectivity index (χ1v) is 6.88. The zero-order valence-electron chi connectivity index (χ0n) is 11.2. The Morgan fingerprint density at radius 3 is 2.70 bits per heavy atom. The number of aliphatic hydroxyl groups is 1. The fraction of sp³-hybridized carbons (Fsp3) is 0.286. The van der Waals surface area contributed by atoms with Crippen molar-refractivity contribution < 1.29 is 14.6 Å². The molecule has 20 heavy (non-hydrogen) atoms. The minimum Gasteiger partial charge on any atom is -0.464 e. The van der Waals surface area contributed by atoms with E-state index in [1.807, 2.05) is 37.3 Å². The molecule has 0 saturated carbocycles. The molecule has 5 nitrogen and oxygen atoms in total. The van der Waals surface area contributed by atoms with Crippen LogP contribution in [0.2, 0.25) is 0 Å². The Morgan fingerprint density at radius 2 is 2.10 bits per heavy atom. The Hall–Kier alpha value is -1.66. The predicted octanol–water partition coefficient (Wildman–Crippen LogP) is 2.47. The van der Waals surface area contributed by atoms with Crippen molar-refractivity contribution in [2.75, 3.05) is 7.11 Å². The Labute approximate surface area is 125 Å². The maximum Gasteiger partial charge on any atom is 0.359 e. The summed E-state index contributed by atoms with van der Waals surface area (Å²) in [6.45, 7) is 2.09. The van der Waals surface area contributed by atoms with Gasteiger partial charge in [0.05, 0.1) is 29.9 Å². The van der Waals surface area contributed by atoms with Crippen LogP contribution in [0.5, 0.6) is 0 Å². The lowest BCUT2D eigenvalue weighted by Crippen LogP contribution is -2.12. The zero-order chi connectivity index (χ0) is 14.7. The maximum atomic E-state index is 11.6. The van der Waals surface area contributed by atoms with Crippen molar-refractivity contribution >= 4 is 21.9 Å². The average Bonchev–Trinajstić information content (AvgIpc) is 2.76. The molecule has 1 aromatic heterocycles. The number of hydrogen-bond donors (Lipinski definition) is 1. The van der Waals surface area contributed by atoms with Crippen LogP contribution < -0.4 is 0 Å². The molecule has 0 saturated heterocycles. The van der Waals surface area contributed by atoms with Crippen molar-refractivity contribution in [3.05, 3.63) is 51.8 Å². The smallest absolute Gasteiger partial charge is 0.359 e. The highest BCUT2D eigenvalue weighted by molar-refractivity contribution is 9.10. The SMILES string of the molecule is COC(=O)c1nn(CC(O)c2ccccc2)c(C)c1Br. The number of hydrogen-bond acceptors (Lipinski definition) is 4. The Kier molecular flexibility index (Phi) is 4.57. The molecular weight excluding hydrogens is 324 g/mol. The molecule has 106 valence electrons. The molecule has 0 spiro atoms. The van der Waals surface area contributed by atoms with Gasteiger partial charge < -0.3 is 9.84 Å². The molecule has 1 heterocycles. The Bertz CT molecular complexity index is 610. The number of rotatable bonds is 4. The summed E-state index contributed by atoms with van der Waals surface area (Å²) in [7, 11) is 1.31. The highest BCUT2D eigenvalue weighted by atomic mass is 79.9. The van der Waals surface area contributed by atoms with E-state index >= 15 is 0 Å². The summed E-state index contributed by atoms with van der Waals surface area (Å²) in [5.74, 6) is -0.507. The van der Waals surface area contributed by atoms with Gasteiger partial charge in [-0.15, -0.1) is 0 Å². The summed E-state index contributed by atoms with van der Waals surface area (Å²) in [6, 6.07) is 9.31. The third kappa shape index (κ3) is 2.91. The minimum absolute atomic E-state index is 0.213. The molecule has 1 aromatic carbocycles. The second-order valence-corrected chi connectivity index (χ2v) is 5.14. The van der Waals surface area contributed by atoms with Crippen LogP contribution in [0.15, 0.2) is 34.8 Å². The summed E-state index contributed by atoms with van der Waals surface area (Å²) in [4.78, 5) is 11.6. The standard InChI is InChI=1S/C14H15BrN2O3/c1-9-12(15)13(14(19)20-2)16-17(9)8-11(18)10-6-4-3-5-7-10/h3-7,11,18H,8H2,1-2H3. The lowest BCUT2D eigenvalue weighted by Gasteiger charge is -2.12.